The van der Waals surface area contributed by atoms with Crippen LogP contribution >= 0.6 is 0 Å². The van der Waals surface area contributed by atoms with Gasteiger partial charge in [0.05, 0.1) is 39.6 Å². The zero-order valence-electron chi connectivity index (χ0n) is 11.2. The predicted molar refractivity (Wildman–Crippen MR) is 92.0 cm³/mol. The summed E-state index contributed by atoms with van der Waals surface area (Å²) in [7, 11) is 2.27. The molecule has 21 heavy (non-hydrogen) atoms. The van der Waals surface area contributed by atoms with Gasteiger partial charge in [-0.05, 0) is 0 Å². The van der Waals surface area contributed by atoms with Gasteiger partial charge in [-0.2, -0.15) is 0 Å². The van der Waals surface area contributed by atoms with E-state index in [9.17, 15) is 0 Å². The fraction of sp³-hybridized carbons (Fsp3) is 1.00. The third kappa shape index (κ3) is 20.0. The average Bonchev–Trinajstić information content (AvgIpc) is 2.30. The van der Waals surface area contributed by atoms with E-state index in [2.05, 4.69) is 0 Å². The summed E-state index contributed by atoms with van der Waals surface area (Å²) in [5.41, 5.74) is 0. The molecule has 0 aromatic heterocycles. The molecule has 0 saturated carbocycles. The molecule has 0 bridgehead atoms. The highest BCUT2D eigenvalue weighted by molar-refractivity contribution is 6.59. The van der Waals surface area contributed by atoms with E-state index in [0.717, 1.165) is 0 Å². The van der Waals surface area contributed by atoms with Gasteiger partial charge in [-0.15, -0.1) is 0 Å². The van der Waals surface area contributed by atoms with E-state index >= 15 is 0 Å². The van der Waals surface area contributed by atoms with Gasteiger partial charge in [0.25, 0.3) is 0 Å². The van der Waals surface area contributed by atoms with Crippen molar-refractivity contribution in [1.29, 1.82) is 0 Å². The summed E-state index contributed by atoms with van der Waals surface area (Å²) in [5.74, 6) is 0. The number of ether oxygens (including phenoxy) is 3. The van der Waals surface area contributed by atoms with Crippen LogP contribution in [0, 0.1) is 0 Å². The molecule has 7 heteroatoms. The number of methoxy groups -OCH3 is 3. The van der Waals surface area contributed by atoms with Crippen molar-refractivity contribution in [3.05, 3.63) is 0 Å². The Bertz CT molecular complexity index is 145. The normalized spacial score (nSPS) is 9.71. The minimum atomic E-state index is -2.60. The first-order valence-corrected chi connectivity index (χ1v) is 7.79. The first-order valence-electron chi connectivity index (χ1n) is 5.57. The van der Waals surface area contributed by atoms with Crippen LogP contribution in [0.5, 0.6) is 0 Å². The van der Waals surface area contributed by atoms with Crippen LogP contribution in [0.4, 0.5) is 0 Å². The molecular weight excluding hydrogens is 292 g/mol. The second-order valence-electron chi connectivity index (χ2n) is 3.39. The molecule has 0 aromatic rings. The van der Waals surface area contributed by atoms with Gasteiger partial charge in [-0.25, -0.2) is 0 Å². The SMILES string of the molecule is C.C.C.C.COCCO[Si](C)(OCCOC)OCCOC. The van der Waals surface area contributed by atoms with Crippen LogP contribution in [-0.4, -0.2) is 69.8 Å². The first-order chi connectivity index (χ1) is 8.18. The molecule has 0 spiro atoms. The molecule has 0 unspecified atom stereocenters. The molecule has 0 N–H and O–H groups in total. The summed E-state index contributed by atoms with van der Waals surface area (Å²) in [4.78, 5) is 0. The standard InChI is InChI=1S/C10H24O6Si.4CH4/c1-11-5-8-14-17(4,15-9-6-12-2)16-10-7-13-3;;;;/h5-10H2,1-4H3;4*1H4. The fourth-order valence-corrected chi connectivity index (χ4v) is 2.67. The lowest BCUT2D eigenvalue weighted by atomic mass is 10.8. The molecule has 6 nitrogen and oxygen atoms in total. The quantitative estimate of drug-likeness (QED) is 0.404. The Morgan fingerprint density at radius 2 is 0.762 bits per heavy atom. The topological polar surface area (TPSA) is 55.4 Å². The van der Waals surface area contributed by atoms with Crippen molar-refractivity contribution in [3.63, 3.8) is 0 Å². The summed E-state index contributed by atoms with van der Waals surface area (Å²) in [6, 6.07) is 0. The van der Waals surface area contributed by atoms with Crippen LogP contribution in [0.2, 0.25) is 6.55 Å². The van der Waals surface area contributed by atoms with E-state index in [1.54, 1.807) is 21.3 Å². The van der Waals surface area contributed by atoms with Crippen LogP contribution in [0.1, 0.15) is 29.7 Å². The zero-order valence-corrected chi connectivity index (χ0v) is 12.2. The highest BCUT2D eigenvalue weighted by atomic mass is 28.4. The highest BCUT2D eigenvalue weighted by Crippen LogP contribution is 2.09. The van der Waals surface area contributed by atoms with Gasteiger partial charge < -0.3 is 27.5 Å². The summed E-state index contributed by atoms with van der Waals surface area (Å²) in [5, 5.41) is 0. The predicted octanol–water partition coefficient (Wildman–Crippen LogP) is 3.09. The Kier molecular flexibility index (Phi) is 34.8. The maximum absolute atomic E-state index is 5.62. The van der Waals surface area contributed by atoms with Crippen LogP contribution in [-0.2, 0) is 27.5 Å². The van der Waals surface area contributed by atoms with Crippen molar-refractivity contribution >= 4 is 8.80 Å². The Labute approximate surface area is 134 Å². The molecular formula is C14H40O6Si. The van der Waals surface area contributed by atoms with Crippen molar-refractivity contribution in [3.8, 4) is 0 Å². The monoisotopic (exact) mass is 332 g/mol. The number of hydrogen-bond acceptors (Lipinski definition) is 6. The van der Waals surface area contributed by atoms with Crippen molar-refractivity contribution in [1.82, 2.24) is 0 Å². The van der Waals surface area contributed by atoms with Gasteiger partial charge in [0, 0.05) is 27.9 Å². The summed E-state index contributed by atoms with van der Waals surface area (Å²) >= 11 is 0. The smallest absolute Gasteiger partial charge is 0.382 e. The van der Waals surface area contributed by atoms with E-state index in [-0.39, 0.29) is 29.7 Å². The lowest BCUT2D eigenvalue weighted by Crippen LogP contribution is -2.44. The molecule has 0 atom stereocenters. The van der Waals surface area contributed by atoms with Crippen molar-refractivity contribution < 1.29 is 27.5 Å². The van der Waals surface area contributed by atoms with Gasteiger partial charge in [0.15, 0.2) is 0 Å². The van der Waals surface area contributed by atoms with Crippen LogP contribution in [0.3, 0.4) is 0 Å². The molecule has 136 valence electrons. The Morgan fingerprint density at radius 3 is 0.952 bits per heavy atom. The van der Waals surface area contributed by atoms with E-state index in [1.807, 2.05) is 6.55 Å². The van der Waals surface area contributed by atoms with Gasteiger partial charge >= 0.3 is 8.80 Å². The lowest BCUT2D eigenvalue weighted by molar-refractivity contribution is 0.0191. The van der Waals surface area contributed by atoms with Gasteiger partial charge in [-0.1, -0.05) is 29.7 Å². The van der Waals surface area contributed by atoms with Crippen LogP contribution in [0.15, 0.2) is 0 Å². The summed E-state index contributed by atoms with van der Waals surface area (Å²) in [6.45, 7) is 4.78. The molecule has 0 saturated heterocycles. The van der Waals surface area contributed by atoms with E-state index < -0.39 is 8.80 Å². The number of hydrogen-bond donors (Lipinski definition) is 0. The molecule has 0 fully saturated rings. The van der Waals surface area contributed by atoms with Crippen LogP contribution in [0.25, 0.3) is 0 Å². The van der Waals surface area contributed by atoms with Crippen molar-refractivity contribution in [2.24, 2.45) is 0 Å². The van der Waals surface area contributed by atoms with Gasteiger partial charge in [0.1, 0.15) is 0 Å². The minimum Gasteiger partial charge on any atom is -0.382 e. The fourth-order valence-electron chi connectivity index (χ4n) is 1.06. The molecule has 0 radical (unpaired) electrons. The third-order valence-electron chi connectivity index (χ3n) is 1.96. The number of rotatable bonds is 12. The largest absolute Gasteiger partial charge is 0.497 e. The summed E-state index contributed by atoms with van der Waals surface area (Å²) < 4.78 is 31.6. The Hall–Kier alpha value is -0.0231. The lowest BCUT2D eigenvalue weighted by Gasteiger charge is -2.25. The molecule has 0 aromatic carbocycles. The van der Waals surface area contributed by atoms with Gasteiger partial charge in [0.2, 0.25) is 0 Å². The van der Waals surface area contributed by atoms with E-state index in [1.165, 1.54) is 0 Å². The molecule has 0 rings (SSSR count). The molecule has 0 heterocycles. The average molecular weight is 333 g/mol. The van der Waals surface area contributed by atoms with Gasteiger partial charge in [-0.3, -0.25) is 0 Å². The van der Waals surface area contributed by atoms with E-state index in [0.29, 0.717) is 39.6 Å². The van der Waals surface area contributed by atoms with Crippen molar-refractivity contribution in [2.75, 3.05) is 61.0 Å². The molecule has 0 aliphatic rings. The van der Waals surface area contributed by atoms with Crippen LogP contribution < -0.4 is 0 Å². The maximum atomic E-state index is 5.62. The minimum absolute atomic E-state index is 0. The molecule has 0 amide bonds. The van der Waals surface area contributed by atoms with Crippen molar-refractivity contribution in [2.45, 2.75) is 36.3 Å². The first kappa shape index (κ1) is 32.8. The zero-order chi connectivity index (χ0) is 13.0. The second-order valence-corrected chi connectivity index (χ2v) is 5.98. The van der Waals surface area contributed by atoms with E-state index in [4.69, 9.17) is 27.5 Å². The third-order valence-corrected chi connectivity index (χ3v) is 4.14. The second kappa shape index (κ2) is 22.3. The Balaban J connectivity index is -0.000000213. The maximum Gasteiger partial charge on any atom is 0.497 e. The molecule has 0 aliphatic heterocycles. The summed E-state index contributed by atoms with van der Waals surface area (Å²) in [6.07, 6.45) is 0. The Morgan fingerprint density at radius 1 is 0.524 bits per heavy atom. The highest BCUT2D eigenvalue weighted by Gasteiger charge is 2.34. The molecule has 0 aliphatic carbocycles.